The van der Waals surface area contributed by atoms with Gasteiger partial charge in [-0.25, -0.2) is 0 Å². The molecule has 0 spiro atoms. The lowest BCUT2D eigenvalue weighted by molar-refractivity contribution is -0.117. The molecule has 2 saturated heterocycles. The predicted molar refractivity (Wildman–Crippen MR) is 86.0 cm³/mol. The van der Waals surface area contributed by atoms with E-state index in [0.29, 0.717) is 28.2 Å². The molecule has 0 aromatic heterocycles. The van der Waals surface area contributed by atoms with Crippen molar-refractivity contribution in [1.82, 2.24) is 10.2 Å². The van der Waals surface area contributed by atoms with E-state index in [0.717, 1.165) is 32.1 Å². The highest BCUT2D eigenvalue weighted by molar-refractivity contribution is 6.43. The maximum Gasteiger partial charge on any atom is 0.238 e. The van der Waals surface area contributed by atoms with E-state index in [1.807, 2.05) is 0 Å². The number of hydrogen-bond acceptors (Lipinski definition) is 3. The Balaban J connectivity index is 1.55. The average Bonchev–Trinajstić information content (AvgIpc) is 2.91. The number of nitrogens with one attached hydrogen (secondary N) is 2. The number of piperidine rings is 1. The number of benzene rings is 1. The number of likely N-dealkylation sites (tertiary alicyclic amines) is 1. The monoisotopic (exact) mass is 327 g/mol. The second-order valence-corrected chi connectivity index (χ2v) is 6.64. The molecule has 2 fully saturated rings. The Hall–Kier alpha value is -0.810. The van der Waals surface area contributed by atoms with Gasteiger partial charge >= 0.3 is 0 Å². The van der Waals surface area contributed by atoms with Gasteiger partial charge < -0.3 is 10.6 Å². The van der Waals surface area contributed by atoms with Crippen LogP contribution in [-0.4, -0.2) is 43.5 Å². The first-order valence-electron chi connectivity index (χ1n) is 7.30. The Morgan fingerprint density at radius 1 is 1.33 bits per heavy atom. The number of carbonyl (C=O) groups excluding carboxylic acids is 1. The molecule has 1 amide bonds. The van der Waals surface area contributed by atoms with E-state index in [1.165, 1.54) is 6.42 Å². The Kier molecular flexibility index (Phi) is 4.69. The number of amides is 1. The molecule has 2 unspecified atom stereocenters. The summed E-state index contributed by atoms with van der Waals surface area (Å²) >= 11 is 12.0. The summed E-state index contributed by atoms with van der Waals surface area (Å²) in [7, 11) is 0. The van der Waals surface area contributed by atoms with Crippen molar-refractivity contribution in [1.29, 1.82) is 0 Å². The van der Waals surface area contributed by atoms with E-state index < -0.39 is 0 Å². The Morgan fingerprint density at radius 2 is 2.14 bits per heavy atom. The van der Waals surface area contributed by atoms with Crippen molar-refractivity contribution in [3.63, 3.8) is 0 Å². The first-order valence-corrected chi connectivity index (χ1v) is 8.06. The van der Waals surface area contributed by atoms with Gasteiger partial charge in [0.15, 0.2) is 0 Å². The molecule has 2 aliphatic rings. The first kappa shape index (κ1) is 15.1. The van der Waals surface area contributed by atoms with E-state index in [9.17, 15) is 4.79 Å². The van der Waals surface area contributed by atoms with Gasteiger partial charge in [0, 0.05) is 6.54 Å². The van der Waals surface area contributed by atoms with Gasteiger partial charge in [0.2, 0.25) is 5.91 Å². The standard InChI is InChI=1S/C15H19Cl2N3O/c16-12-2-1-3-13(15(12)17)19-14(21)9-20-5-4-10-6-18-7-11(10)8-20/h1-3,10-11,18H,4-9H2,(H,19,21). The summed E-state index contributed by atoms with van der Waals surface area (Å²) in [5, 5.41) is 7.12. The number of hydrogen-bond donors (Lipinski definition) is 2. The molecule has 2 aliphatic heterocycles. The van der Waals surface area contributed by atoms with Crippen LogP contribution in [0.5, 0.6) is 0 Å². The Labute approximate surface area is 134 Å². The smallest absolute Gasteiger partial charge is 0.238 e. The number of carbonyl (C=O) groups is 1. The Morgan fingerprint density at radius 3 is 3.00 bits per heavy atom. The number of anilines is 1. The van der Waals surface area contributed by atoms with Gasteiger partial charge in [0.25, 0.3) is 0 Å². The van der Waals surface area contributed by atoms with Gasteiger partial charge in [0.1, 0.15) is 0 Å². The molecular weight excluding hydrogens is 309 g/mol. The van der Waals surface area contributed by atoms with Gasteiger partial charge in [0.05, 0.1) is 22.3 Å². The van der Waals surface area contributed by atoms with Gasteiger partial charge in [-0.05, 0) is 50.0 Å². The van der Waals surface area contributed by atoms with E-state index in [4.69, 9.17) is 23.2 Å². The summed E-state index contributed by atoms with van der Waals surface area (Å²) < 4.78 is 0. The highest BCUT2D eigenvalue weighted by Crippen LogP contribution is 2.30. The Bertz CT molecular complexity index is 538. The molecule has 3 rings (SSSR count). The van der Waals surface area contributed by atoms with Crippen LogP contribution in [0, 0.1) is 11.8 Å². The molecule has 1 aromatic rings. The number of halogens is 2. The lowest BCUT2D eigenvalue weighted by Crippen LogP contribution is -2.43. The molecule has 1 aromatic carbocycles. The number of nitrogens with zero attached hydrogens (tertiary/aromatic N) is 1. The van der Waals surface area contributed by atoms with E-state index in [2.05, 4.69) is 15.5 Å². The minimum Gasteiger partial charge on any atom is -0.324 e. The summed E-state index contributed by atoms with van der Waals surface area (Å²) in [6, 6.07) is 5.25. The highest BCUT2D eigenvalue weighted by Gasteiger charge is 2.33. The average molecular weight is 328 g/mol. The summed E-state index contributed by atoms with van der Waals surface area (Å²) in [6.45, 7) is 4.59. The second-order valence-electron chi connectivity index (χ2n) is 5.85. The maximum atomic E-state index is 12.2. The SMILES string of the molecule is O=C(CN1CCC2CNCC2C1)Nc1cccc(Cl)c1Cl. The van der Waals surface area contributed by atoms with Gasteiger partial charge in [-0.3, -0.25) is 9.69 Å². The first-order chi connectivity index (χ1) is 10.1. The third-order valence-corrected chi connectivity index (χ3v) is 5.20. The van der Waals surface area contributed by atoms with E-state index in [1.54, 1.807) is 18.2 Å². The molecule has 2 N–H and O–H groups in total. The van der Waals surface area contributed by atoms with Crippen molar-refractivity contribution in [2.45, 2.75) is 6.42 Å². The lowest BCUT2D eigenvalue weighted by Gasteiger charge is -2.33. The maximum absolute atomic E-state index is 12.2. The van der Waals surface area contributed by atoms with Crippen LogP contribution in [0.3, 0.4) is 0 Å². The van der Waals surface area contributed by atoms with Crippen molar-refractivity contribution < 1.29 is 4.79 Å². The molecule has 21 heavy (non-hydrogen) atoms. The van der Waals surface area contributed by atoms with E-state index >= 15 is 0 Å². The molecule has 0 aliphatic carbocycles. The zero-order chi connectivity index (χ0) is 14.8. The van der Waals surface area contributed by atoms with Crippen molar-refractivity contribution in [2.24, 2.45) is 11.8 Å². The van der Waals surface area contributed by atoms with Crippen LogP contribution in [0.2, 0.25) is 10.0 Å². The minimum absolute atomic E-state index is 0.0384. The molecule has 4 nitrogen and oxygen atoms in total. The van der Waals surface area contributed by atoms with Crippen LogP contribution in [0.25, 0.3) is 0 Å². The van der Waals surface area contributed by atoms with E-state index in [-0.39, 0.29) is 5.91 Å². The normalized spacial score (nSPS) is 25.6. The number of fused-ring (bicyclic) bond motifs is 1. The quantitative estimate of drug-likeness (QED) is 0.896. The fraction of sp³-hybridized carbons (Fsp3) is 0.533. The fourth-order valence-corrected chi connectivity index (χ4v) is 3.59. The summed E-state index contributed by atoms with van der Waals surface area (Å²) in [6.07, 6.45) is 1.17. The van der Waals surface area contributed by atoms with Crippen LogP contribution in [0.4, 0.5) is 5.69 Å². The molecule has 0 radical (unpaired) electrons. The van der Waals surface area contributed by atoms with Crippen molar-refractivity contribution >= 4 is 34.8 Å². The van der Waals surface area contributed by atoms with Crippen LogP contribution in [-0.2, 0) is 4.79 Å². The molecule has 2 heterocycles. The van der Waals surface area contributed by atoms with Crippen LogP contribution in [0.1, 0.15) is 6.42 Å². The van der Waals surface area contributed by atoms with Gasteiger partial charge in [-0.2, -0.15) is 0 Å². The molecule has 2 atom stereocenters. The van der Waals surface area contributed by atoms with Crippen molar-refractivity contribution in [3.05, 3.63) is 28.2 Å². The van der Waals surface area contributed by atoms with Gasteiger partial charge in [-0.15, -0.1) is 0 Å². The molecule has 114 valence electrons. The van der Waals surface area contributed by atoms with Gasteiger partial charge in [-0.1, -0.05) is 29.3 Å². The molecule has 0 bridgehead atoms. The largest absolute Gasteiger partial charge is 0.324 e. The zero-order valence-corrected chi connectivity index (χ0v) is 13.3. The van der Waals surface area contributed by atoms with Crippen molar-refractivity contribution in [2.75, 3.05) is 38.0 Å². The third-order valence-electron chi connectivity index (χ3n) is 4.38. The van der Waals surface area contributed by atoms with Crippen LogP contribution >= 0.6 is 23.2 Å². The second kappa shape index (κ2) is 6.53. The molecule has 0 saturated carbocycles. The fourth-order valence-electron chi connectivity index (χ4n) is 3.25. The molecule has 6 heteroatoms. The third kappa shape index (κ3) is 3.51. The van der Waals surface area contributed by atoms with Crippen LogP contribution < -0.4 is 10.6 Å². The van der Waals surface area contributed by atoms with Crippen LogP contribution in [0.15, 0.2) is 18.2 Å². The molecular formula is C15H19Cl2N3O. The topological polar surface area (TPSA) is 44.4 Å². The van der Waals surface area contributed by atoms with Crippen molar-refractivity contribution in [3.8, 4) is 0 Å². The predicted octanol–water partition coefficient (Wildman–Crippen LogP) is 2.47. The zero-order valence-electron chi connectivity index (χ0n) is 11.7. The minimum atomic E-state index is -0.0384. The number of rotatable bonds is 3. The highest BCUT2D eigenvalue weighted by atomic mass is 35.5. The summed E-state index contributed by atoms with van der Waals surface area (Å²) in [4.78, 5) is 14.4. The summed E-state index contributed by atoms with van der Waals surface area (Å²) in [5.41, 5.74) is 0.576. The summed E-state index contributed by atoms with van der Waals surface area (Å²) in [5.74, 6) is 1.43. The lowest BCUT2D eigenvalue weighted by atomic mass is 9.89.